The highest BCUT2D eigenvalue weighted by atomic mass is 16.1. The minimum Gasteiger partial charge on any atom is -0.353 e. The van der Waals surface area contributed by atoms with Gasteiger partial charge in [-0.2, -0.15) is 0 Å². The molecule has 0 bridgehead atoms. The zero-order chi connectivity index (χ0) is 11.4. The van der Waals surface area contributed by atoms with Crippen LogP contribution in [0.4, 0.5) is 0 Å². The lowest BCUT2D eigenvalue weighted by Crippen LogP contribution is -2.36. The molecule has 0 aromatic carbocycles. The van der Waals surface area contributed by atoms with Gasteiger partial charge in [0.05, 0.1) is 0 Å². The summed E-state index contributed by atoms with van der Waals surface area (Å²) in [4.78, 5) is 11.8. The van der Waals surface area contributed by atoms with Gasteiger partial charge in [-0.15, -0.1) is 0 Å². The minimum absolute atomic E-state index is 0.256. The van der Waals surface area contributed by atoms with Gasteiger partial charge in [-0.3, -0.25) is 4.79 Å². The van der Waals surface area contributed by atoms with Crippen LogP contribution < -0.4 is 11.1 Å². The summed E-state index contributed by atoms with van der Waals surface area (Å²) in [5, 5.41) is 3.16. The highest BCUT2D eigenvalue weighted by Crippen LogP contribution is 2.26. The number of carbonyl (C=O) groups excluding carboxylic acids is 1. The molecule has 3 heteroatoms. The van der Waals surface area contributed by atoms with E-state index in [1.807, 2.05) is 0 Å². The Morgan fingerprint density at radius 2 is 1.88 bits per heavy atom. The van der Waals surface area contributed by atoms with E-state index in [1.54, 1.807) is 0 Å². The van der Waals surface area contributed by atoms with Crippen molar-refractivity contribution in [3.63, 3.8) is 0 Å². The summed E-state index contributed by atoms with van der Waals surface area (Å²) >= 11 is 0. The molecule has 0 aromatic heterocycles. The SMILES string of the molecule is NC1CCCC(CC(=O)NC2CCCC2)C1. The van der Waals surface area contributed by atoms with Crippen molar-refractivity contribution in [2.75, 3.05) is 0 Å². The number of rotatable bonds is 3. The van der Waals surface area contributed by atoms with Crippen LogP contribution in [0, 0.1) is 5.92 Å². The van der Waals surface area contributed by atoms with Crippen molar-refractivity contribution in [3.8, 4) is 0 Å². The van der Waals surface area contributed by atoms with E-state index >= 15 is 0 Å². The van der Waals surface area contributed by atoms with Crippen LogP contribution in [-0.2, 0) is 4.79 Å². The maximum atomic E-state index is 11.8. The Morgan fingerprint density at radius 3 is 2.56 bits per heavy atom. The van der Waals surface area contributed by atoms with E-state index in [0.717, 1.165) is 12.8 Å². The van der Waals surface area contributed by atoms with Gasteiger partial charge in [0.1, 0.15) is 0 Å². The Balaban J connectivity index is 1.69. The van der Waals surface area contributed by atoms with Crippen LogP contribution in [0.1, 0.15) is 57.8 Å². The van der Waals surface area contributed by atoms with Gasteiger partial charge in [0.2, 0.25) is 5.91 Å². The van der Waals surface area contributed by atoms with Gasteiger partial charge in [-0.25, -0.2) is 0 Å². The summed E-state index contributed by atoms with van der Waals surface area (Å²) in [5.74, 6) is 0.788. The number of hydrogen-bond acceptors (Lipinski definition) is 2. The van der Waals surface area contributed by atoms with E-state index in [-0.39, 0.29) is 5.91 Å². The first-order valence-corrected chi connectivity index (χ1v) is 6.79. The molecule has 0 spiro atoms. The highest BCUT2D eigenvalue weighted by Gasteiger charge is 2.23. The summed E-state index contributed by atoms with van der Waals surface area (Å²) in [6.07, 6.45) is 10.2. The quantitative estimate of drug-likeness (QED) is 0.770. The fraction of sp³-hybridized carbons (Fsp3) is 0.923. The number of nitrogens with two attached hydrogens (primary N) is 1. The Kier molecular flexibility index (Phi) is 4.22. The third-order valence-corrected chi connectivity index (χ3v) is 4.02. The molecule has 2 aliphatic carbocycles. The van der Waals surface area contributed by atoms with Crippen molar-refractivity contribution < 1.29 is 4.79 Å². The molecule has 0 heterocycles. The summed E-state index contributed by atoms with van der Waals surface area (Å²) in [7, 11) is 0. The molecule has 92 valence electrons. The van der Waals surface area contributed by atoms with Gasteiger partial charge in [-0.05, 0) is 38.0 Å². The molecule has 0 radical (unpaired) electrons. The minimum atomic E-state index is 0.256. The first-order chi connectivity index (χ1) is 7.74. The summed E-state index contributed by atoms with van der Waals surface area (Å²) in [6, 6.07) is 0.794. The van der Waals surface area contributed by atoms with Gasteiger partial charge >= 0.3 is 0 Å². The van der Waals surface area contributed by atoms with Crippen molar-refractivity contribution in [2.24, 2.45) is 11.7 Å². The second kappa shape index (κ2) is 5.67. The van der Waals surface area contributed by atoms with E-state index in [1.165, 1.54) is 38.5 Å². The summed E-state index contributed by atoms with van der Waals surface area (Å²) in [6.45, 7) is 0. The second-order valence-corrected chi connectivity index (χ2v) is 5.55. The molecule has 3 nitrogen and oxygen atoms in total. The topological polar surface area (TPSA) is 55.1 Å². The van der Waals surface area contributed by atoms with Crippen molar-refractivity contribution in [1.29, 1.82) is 0 Å². The lowest BCUT2D eigenvalue weighted by atomic mass is 9.84. The zero-order valence-electron chi connectivity index (χ0n) is 10.1. The zero-order valence-corrected chi connectivity index (χ0v) is 10.1. The predicted molar refractivity (Wildman–Crippen MR) is 64.9 cm³/mol. The van der Waals surface area contributed by atoms with Crippen LogP contribution in [0.25, 0.3) is 0 Å². The molecule has 2 unspecified atom stereocenters. The largest absolute Gasteiger partial charge is 0.353 e. The van der Waals surface area contributed by atoms with Crippen LogP contribution >= 0.6 is 0 Å². The van der Waals surface area contributed by atoms with Crippen LogP contribution in [0.2, 0.25) is 0 Å². The Morgan fingerprint density at radius 1 is 1.12 bits per heavy atom. The molecule has 0 saturated heterocycles. The Hall–Kier alpha value is -0.570. The lowest BCUT2D eigenvalue weighted by Gasteiger charge is -2.26. The third-order valence-electron chi connectivity index (χ3n) is 4.02. The second-order valence-electron chi connectivity index (χ2n) is 5.55. The molecule has 2 fully saturated rings. The molecule has 16 heavy (non-hydrogen) atoms. The Bertz CT molecular complexity index is 236. The molecule has 2 atom stereocenters. The number of nitrogens with one attached hydrogen (secondary N) is 1. The van der Waals surface area contributed by atoms with E-state index in [2.05, 4.69) is 5.32 Å². The van der Waals surface area contributed by atoms with E-state index in [9.17, 15) is 4.79 Å². The van der Waals surface area contributed by atoms with Gasteiger partial charge in [-0.1, -0.05) is 19.3 Å². The fourth-order valence-electron chi connectivity index (χ4n) is 3.14. The monoisotopic (exact) mass is 224 g/mol. The predicted octanol–water partition coefficient (Wildman–Crippen LogP) is 1.95. The maximum Gasteiger partial charge on any atom is 0.220 e. The normalized spacial score (nSPS) is 31.6. The van der Waals surface area contributed by atoms with Crippen molar-refractivity contribution in [1.82, 2.24) is 5.32 Å². The summed E-state index contributed by atoms with van der Waals surface area (Å²) < 4.78 is 0. The van der Waals surface area contributed by atoms with Crippen LogP contribution in [0.3, 0.4) is 0 Å². The number of hydrogen-bond donors (Lipinski definition) is 2. The average molecular weight is 224 g/mol. The van der Waals surface area contributed by atoms with Gasteiger partial charge < -0.3 is 11.1 Å². The fourth-order valence-corrected chi connectivity index (χ4v) is 3.14. The first kappa shape index (κ1) is 11.9. The molecule has 0 aliphatic heterocycles. The van der Waals surface area contributed by atoms with Crippen LogP contribution in [-0.4, -0.2) is 18.0 Å². The summed E-state index contributed by atoms with van der Waals surface area (Å²) in [5.41, 5.74) is 5.93. The standard InChI is InChI=1S/C13H24N2O/c14-11-5-3-4-10(8-11)9-13(16)15-12-6-1-2-7-12/h10-12H,1-9,14H2,(H,15,16). The molecule has 3 N–H and O–H groups in total. The molecular weight excluding hydrogens is 200 g/mol. The van der Waals surface area contributed by atoms with E-state index < -0.39 is 0 Å². The van der Waals surface area contributed by atoms with Crippen molar-refractivity contribution >= 4 is 5.91 Å². The van der Waals surface area contributed by atoms with Crippen LogP contribution in [0.5, 0.6) is 0 Å². The molecule has 2 aliphatic rings. The molecular formula is C13H24N2O. The number of carbonyl (C=O) groups is 1. The smallest absolute Gasteiger partial charge is 0.220 e. The average Bonchev–Trinajstić information content (AvgIpc) is 2.70. The molecule has 0 aromatic rings. The Labute approximate surface area is 98.2 Å². The highest BCUT2D eigenvalue weighted by molar-refractivity contribution is 5.76. The van der Waals surface area contributed by atoms with Gasteiger partial charge in [0.25, 0.3) is 0 Å². The maximum absolute atomic E-state index is 11.8. The number of amides is 1. The van der Waals surface area contributed by atoms with Crippen LogP contribution in [0.15, 0.2) is 0 Å². The van der Waals surface area contributed by atoms with E-state index in [4.69, 9.17) is 5.73 Å². The molecule has 2 rings (SSSR count). The lowest BCUT2D eigenvalue weighted by molar-refractivity contribution is -0.122. The third kappa shape index (κ3) is 3.48. The van der Waals surface area contributed by atoms with Gasteiger partial charge in [0, 0.05) is 18.5 Å². The van der Waals surface area contributed by atoms with Gasteiger partial charge in [0.15, 0.2) is 0 Å². The first-order valence-electron chi connectivity index (χ1n) is 6.79. The molecule has 1 amide bonds. The van der Waals surface area contributed by atoms with E-state index in [0.29, 0.717) is 24.4 Å². The molecule has 2 saturated carbocycles. The van der Waals surface area contributed by atoms with Crippen molar-refractivity contribution in [3.05, 3.63) is 0 Å². The van der Waals surface area contributed by atoms with Crippen molar-refractivity contribution in [2.45, 2.75) is 69.9 Å².